The quantitative estimate of drug-likeness (QED) is 0.830. The number of fused-ring (bicyclic) bond motifs is 1. The van der Waals surface area contributed by atoms with Gasteiger partial charge in [0.25, 0.3) is 0 Å². The average molecular weight is 220 g/mol. The van der Waals surface area contributed by atoms with Crippen LogP contribution in [0.15, 0.2) is 18.2 Å². The molecule has 3 heteroatoms. The fraction of sp³-hybridized carbons (Fsp3) is 0.538. The highest BCUT2D eigenvalue weighted by molar-refractivity contribution is 5.61. The van der Waals surface area contributed by atoms with E-state index in [1.54, 1.807) is 0 Å². The van der Waals surface area contributed by atoms with E-state index in [2.05, 4.69) is 43.9 Å². The molecule has 1 aliphatic rings. The van der Waals surface area contributed by atoms with Gasteiger partial charge in [-0.2, -0.15) is 0 Å². The summed E-state index contributed by atoms with van der Waals surface area (Å²) >= 11 is 0. The number of ether oxygens (including phenoxy) is 1. The van der Waals surface area contributed by atoms with Gasteiger partial charge in [0.05, 0.1) is 12.2 Å². The normalized spacial score (nSPS) is 19.6. The van der Waals surface area contributed by atoms with Gasteiger partial charge in [0.15, 0.2) is 0 Å². The first-order valence-electron chi connectivity index (χ1n) is 5.88. The summed E-state index contributed by atoms with van der Waals surface area (Å²) in [7, 11) is 0. The van der Waals surface area contributed by atoms with Gasteiger partial charge in [0.1, 0.15) is 11.9 Å². The molecule has 0 amide bonds. The zero-order valence-electron chi connectivity index (χ0n) is 10.2. The minimum Gasteiger partial charge on any atom is -0.487 e. The van der Waals surface area contributed by atoms with E-state index in [0.717, 1.165) is 17.9 Å². The van der Waals surface area contributed by atoms with Crippen LogP contribution in [-0.2, 0) is 6.54 Å². The Bertz CT molecular complexity index is 376. The summed E-state index contributed by atoms with van der Waals surface area (Å²) in [6.45, 7) is 8.03. The summed E-state index contributed by atoms with van der Waals surface area (Å²) in [4.78, 5) is 2.38. The first kappa shape index (κ1) is 11.3. The van der Waals surface area contributed by atoms with Crippen molar-refractivity contribution in [2.75, 3.05) is 11.4 Å². The van der Waals surface area contributed by atoms with E-state index in [1.165, 1.54) is 5.69 Å². The van der Waals surface area contributed by atoms with Crippen LogP contribution in [0.4, 0.5) is 5.69 Å². The van der Waals surface area contributed by atoms with Gasteiger partial charge in [0, 0.05) is 12.6 Å². The van der Waals surface area contributed by atoms with E-state index in [1.807, 2.05) is 0 Å². The Morgan fingerprint density at radius 1 is 1.50 bits per heavy atom. The first-order chi connectivity index (χ1) is 7.61. The van der Waals surface area contributed by atoms with E-state index in [9.17, 15) is 0 Å². The van der Waals surface area contributed by atoms with Gasteiger partial charge >= 0.3 is 0 Å². The van der Waals surface area contributed by atoms with Crippen molar-refractivity contribution < 1.29 is 4.74 Å². The molecule has 16 heavy (non-hydrogen) atoms. The van der Waals surface area contributed by atoms with Crippen molar-refractivity contribution in [3.8, 4) is 5.75 Å². The molecule has 2 N–H and O–H groups in total. The lowest BCUT2D eigenvalue weighted by atomic mass is 10.1. The van der Waals surface area contributed by atoms with Gasteiger partial charge in [-0.15, -0.1) is 0 Å². The van der Waals surface area contributed by atoms with Gasteiger partial charge in [-0.25, -0.2) is 0 Å². The molecule has 0 saturated carbocycles. The molecule has 0 aliphatic carbocycles. The molecule has 0 aromatic heterocycles. The van der Waals surface area contributed by atoms with E-state index < -0.39 is 0 Å². The molecular formula is C13H20N2O. The second kappa shape index (κ2) is 4.34. The van der Waals surface area contributed by atoms with Crippen LogP contribution in [-0.4, -0.2) is 18.7 Å². The van der Waals surface area contributed by atoms with Gasteiger partial charge in [-0.05, 0) is 38.5 Å². The number of hydrogen-bond acceptors (Lipinski definition) is 3. The summed E-state index contributed by atoms with van der Waals surface area (Å²) in [5.74, 6) is 0.968. The van der Waals surface area contributed by atoms with Crippen molar-refractivity contribution >= 4 is 5.69 Å². The monoisotopic (exact) mass is 220 g/mol. The maximum Gasteiger partial charge on any atom is 0.143 e. The Hall–Kier alpha value is -1.22. The van der Waals surface area contributed by atoms with Crippen molar-refractivity contribution in [2.24, 2.45) is 5.73 Å². The fourth-order valence-corrected chi connectivity index (χ4v) is 2.14. The van der Waals surface area contributed by atoms with Crippen LogP contribution in [0.5, 0.6) is 5.75 Å². The summed E-state index contributed by atoms with van der Waals surface area (Å²) in [6.07, 6.45) is 0.239. The van der Waals surface area contributed by atoms with Gasteiger partial charge in [-0.3, -0.25) is 0 Å². The predicted octanol–water partition coefficient (Wildman–Crippen LogP) is 2.14. The third kappa shape index (κ3) is 2.00. The van der Waals surface area contributed by atoms with Crippen molar-refractivity contribution in [3.05, 3.63) is 23.8 Å². The van der Waals surface area contributed by atoms with Crippen LogP contribution < -0.4 is 15.4 Å². The topological polar surface area (TPSA) is 38.5 Å². The Labute approximate surface area is 97.2 Å². The van der Waals surface area contributed by atoms with E-state index in [-0.39, 0.29) is 6.10 Å². The summed E-state index contributed by atoms with van der Waals surface area (Å²) in [6, 6.07) is 6.74. The maximum atomic E-state index is 5.86. The molecule has 0 fully saturated rings. The van der Waals surface area contributed by atoms with E-state index in [0.29, 0.717) is 12.6 Å². The minimum atomic E-state index is 0.239. The van der Waals surface area contributed by atoms with Gasteiger partial charge < -0.3 is 15.4 Å². The number of nitrogens with zero attached hydrogens (tertiary/aromatic N) is 1. The molecule has 1 atom stereocenters. The smallest absolute Gasteiger partial charge is 0.143 e. The number of anilines is 1. The van der Waals surface area contributed by atoms with E-state index in [4.69, 9.17) is 10.5 Å². The lowest BCUT2D eigenvalue weighted by Gasteiger charge is -2.37. The SMILES string of the molecule is CC1CN(C(C)C)c2ccc(CN)cc2O1. The van der Waals surface area contributed by atoms with Crippen molar-refractivity contribution in [1.82, 2.24) is 0 Å². The Kier molecular flexibility index (Phi) is 3.06. The zero-order chi connectivity index (χ0) is 11.7. The average Bonchev–Trinajstić information content (AvgIpc) is 2.26. The molecule has 0 saturated heterocycles. The molecule has 1 aromatic rings. The van der Waals surface area contributed by atoms with Crippen LogP contribution in [0, 0.1) is 0 Å². The lowest BCUT2D eigenvalue weighted by Crippen LogP contribution is -2.42. The van der Waals surface area contributed by atoms with Crippen molar-refractivity contribution in [1.29, 1.82) is 0 Å². The van der Waals surface area contributed by atoms with Crippen molar-refractivity contribution in [3.63, 3.8) is 0 Å². The Morgan fingerprint density at radius 3 is 2.88 bits per heavy atom. The molecule has 1 aliphatic heterocycles. The fourth-order valence-electron chi connectivity index (χ4n) is 2.14. The summed E-state index contributed by atoms with van der Waals surface area (Å²) in [5, 5.41) is 0. The molecule has 0 radical (unpaired) electrons. The second-order valence-corrected chi connectivity index (χ2v) is 4.68. The lowest BCUT2D eigenvalue weighted by molar-refractivity contribution is 0.209. The molecule has 1 aromatic carbocycles. The standard InChI is InChI=1S/C13H20N2O/c1-9(2)15-8-10(3)16-13-6-11(7-14)4-5-12(13)15/h4-6,9-10H,7-8,14H2,1-3H3. The molecule has 1 unspecified atom stereocenters. The number of rotatable bonds is 2. The third-order valence-electron chi connectivity index (χ3n) is 2.97. The highest BCUT2D eigenvalue weighted by Crippen LogP contribution is 2.35. The summed E-state index contributed by atoms with van der Waals surface area (Å²) < 4.78 is 5.86. The highest BCUT2D eigenvalue weighted by Gasteiger charge is 2.24. The molecule has 0 bridgehead atoms. The van der Waals surface area contributed by atoms with Crippen LogP contribution in [0.2, 0.25) is 0 Å². The molecular weight excluding hydrogens is 200 g/mol. The van der Waals surface area contributed by atoms with Crippen LogP contribution in [0.3, 0.4) is 0 Å². The Morgan fingerprint density at radius 2 is 2.25 bits per heavy atom. The van der Waals surface area contributed by atoms with Crippen LogP contribution in [0.1, 0.15) is 26.3 Å². The van der Waals surface area contributed by atoms with Gasteiger partial charge in [-0.1, -0.05) is 6.07 Å². The van der Waals surface area contributed by atoms with Crippen LogP contribution >= 0.6 is 0 Å². The summed E-state index contributed by atoms with van der Waals surface area (Å²) in [5.41, 5.74) is 7.95. The zero-order valence-corrected chi connectivity index (χ0v) is 10.2. The third-order valence-corrected chi connectivity index (χ3v) is 2.97. The number of benzene rings is 1. The van der Waals surface area contributed by atoms with Crippen LogP contribution in [0.25, 0.3) is 0 Å². The number of nitrogens with two attached hydrogens (primary N) is 1. The second-order valence-electron chi connectivity index (χ2n) is 4.68. The first-order valence-corrected chi connectivity index (χ1v) is 5.88. The molecule has 0 spiro atoms. The largest absolute Gasteiger partial charge is 0.487 e. The predicted molar refractivity (Wildman–Crippen MR) is 66.9 cm³/mol. The Balaban J connectivity index is 2.39. The molecule has 3 nitrogen and oxygen atoms in total. The van der Waals surface area contributed by atoms with Gasteiger partial charge in [0.2, 0.25) is 0 Å². The highest BCUT2D eigenvalue weighted by atomic mass is 16.5. The molecule has 1 heterocycles. The number of hydrogen-bond donors (Lipinski definition) is 1. The van der Waals surface area contributed by atoms with Crippen molar-refractivity contribution in [2.45, 2.75) is 39.5 Å². The minimum absolute atomic E-state index is 0.239. The molecule has 2 rings (SSSR count). The van der Waals surface area contributed by atoms with E-state index >= 15 is 0 Å². The molecule has 88 valence electrons. The maximum absolute atomic E-state index is 5.86.